The summed E-state index contributed by atoms with van der Waals surface area (Å²) in [7, 11) is 6.10. The molecule has 0 radical (unpaired) electrons. The first-order valence-corrected chi connectivity index (χ1v) is 7.30. The maximum atomic E-state index is 11.9. The van der Waals surface area contributed by atoms with Gasteiger partial charge >= 0.3 is 0 Å². The van der Waals surface area contributed by atoms with Crippen molar-refractivity contribution in [2.75, 3.05) is 51.4 Å². The quantitative estimate of drug-likeness (QED) is 0.796. The fraction of sp³-hybridized carbons (Fsp3) is 0.615. The van der Waals surface area contributed by atoms with Gasteiger partial charge in [-0.3, -0.25) is 4.79 Å². The molecule has 0 aliphatic rings. The van der Waals surface area contributed by atoms with E-state index in [0.29, 0.717) is 17.1 Å². The van der Waals surface area contributed by atoms with Gasteiger partial charge in [-0.25, -0.2) is 0 Å². The van der Waals surface area contributed by atoms with Crippen molar-refractivity contribution in [3.63, 3.8) is 0 Å². The molecular formula is C13H24N4OS. The summed E-state index contributed by atoms with van der Waals surface area (Å²) in [6.45, 7) is 4.58. The fourth-order valence-electron chi connectivity index (χ4n) is 1.54. The highest BCUT2D eigenvalue weighted by atomic mass is 32.1. The van der Waals surface area contributed by atoms with Crippen molar-refractivity contribution < 1.29 is 4.79 Å². The van der Waals surface area contributed by atoms with Crippen LogP contribution >= 0.6 is 11.3 Å². The van der Waals surface area contributed by atoms with Crippen LogP contribution in [-0.4, -0.2) is 51.6 Å². The number of nitrogens with two attached hydrogens (primary N) is 1. The Bertz CT molecular complexity index is 417. The SMILES string of the molecule is CCCNC(=O)c1sc(N(C)CCN(C)C)cc1N. The zero-order valence-electron chi connectivity index (χ0n) is 12.2. The van der Waals surface area contributed by atoms with E-state index in [1.54, 1.807) is 0 Å². The second-order valence-corrected chi connectivity index (χ2v) is 5.88. The van der Waals surface area contributed by atoms with Crippen LogP contribution in [0.5, 0.6) is 0 Å². The average molecular weight is 284 g/mol. The van der Waals surface area contributed by atoms with Crippen LogP contribution in [-0.2, 0) is 0 Å². The minimum Gasteiger partial charge on any atom is -0.397 e. The topological polar surface area (TPSA) is 61.6 Å². The second kappa shape index (κ2) is 7.35. The van der Waals surface area contributed by atoms with Gasteiger partial charge in [0.05, 0.1) is 10.7 Å². The van der Waals surface area contributed by atoms with E-state index in [9.17, 15) is 4.79 Å². The minimum atomic E-state index is -0.0726. The van der Waals surface area contributed by atoms with Gasteiger partial charge in [0.1, 0.15) is 4.88 Å². The zero-order valence-corrected chi connectivity index (χ0v) is 13.0. The number of thiophene rings is 1. The van der Waals surface area contributed by atoms with Crippen LogP contribution in [0.15, 0.2) is 6.07 Å². The molecule has 0 saturated heterocycles. The molecule has 5 nitrogen and oxygen atoms in total. The monoisotopic (exact) mass is 284 g/mol. The van der Waals surface area contributed by atoms with Gasteiger partial charge in [0, 0.05) is 26.7 Å². The van der Waals surface area contributed by atoms with Gasteiger partial charge in [-0.15, -0.1) is 11.3 Å². The number of amides is 1. The van der Waals surface area contributed by atoms with Crippen LogP contribution in [0.3, 0.4) is 0 Å². The molecule has 6 heteroatoms. The molecule has 0 fully saturated rings. The molecule has 0 spiro atoms. The van der Waals surface area contributed by atoms with Crippen LogP contribution in [0.1, 0.15) is 23.0 Å². The molecule has 1 aromatic heterocycles. The fourth-order valence-corrected chi connectivity index (χ4v) is 2.52. The van der Waals surface area contributed by atoms with E-state index in [2.05, 4.69) is 15.1 Å². The standard InChI is InChI=1S/C13H24N4OS/c1-5-6-15-13(18)12-10(14)9-11(19-12)17(4)8-7-16(2)3/h9H,5-8,14H2,1-4H3,(H,15,18). The molecule has 0 aliphatic heterocycles. The Labute approximate surface area is 119 Å². The summed E-state index contributed by atoms with van der Waals surface area (Å²) in [5.74, 6) is -0.0726. The molecule has 0 aromatic carbocycles. The molecular weight excluding hydrogens is 260 g/mol. The highest BCUT2D eigenvalue weighted by molar-refractivity contribution is 7.18. The third-order valence-corrected chi connectivity index (χ3v) is 4.01. The lowest BCUT2D eigenvalue weighted by atomic mass is 10.3. The predicted molar refractivity (Wildman–Crippen MR) is 83.2 cm³/mol. The Kier molecular flexibility index (Phi) is 6.11. The largest absolute Gasteiger partial charge is 0.397 e. The Morgan fingerprint density at radius 3 is 2.63 bits per heavy atom. The molecule has 0 bridgehead atoms. The number of hydrogen-bond donors (Lipinski definition) is 2. The highest BCUT2D eigenvalue weighted by Gasteiger charge is 2.15. The van der Waals surface area contributed by atoms with Crippen molar-refractivity contribution in [1.29, 1.82) is 0 Å². The summed E-state index contributed by atoms with van der Waals surface area (Å²) >= 11 is 1.45. The number of hydrogen-bond acceptors (Lipinski definition) is 5. The molecule has 1 amide bonds. The summed E-state index contributed by atoms with van der Waals surface area (Å²) in [4.78, 5) is 16.8. The lowest BCUT2D eigenvalue weighted by Crippen LogP contribution is -2.27. The normalized spacial score (nSPS) is 10.8. The number of nitrogen functional groups attached to an aromatic ring is 1. The summed E-state index contributed by atoms with van der Waals surface area (Å²) in [5, 5.41) is 3.89. The van der Waals surface area contributed by atoms with Gasteiger partial charge in [-0.05, 0) is 26.6 Å². The first-order valence-electron chi connectivity index (χ1n) is 6.49. The number of carbonyl (C=O) groups is 1. The van der Waals surface area contributed by atoms with Crippen molar-refractivity contribution in [3.8, 4) is 0 Å². The maximum absolute atomic E-state index is 11.9. The van der Waals surface area contributed by atoms with Crippen LogP contribution in [0.2, 0.25) is 0 Å². The molecule has 19 heavy (non-hydrogen) atoms. The van der Waals surface area contributed by atoms with E-state index in [1.165, 1.54) is 11.3 Å². The smallest absolute Gasteiger partial charge is 0.263 e. The first-order chi connectivity index (χ1) is 8.95. The van der Waals surface area contributed by atoms with Gasteiger partial charge in [-0.2, -0.15) is 0 Å². The van der Waals surface area contributed by atoms with E-state index >= 15 is 0 Å². The minimum absolute atomic E-state index is 0.0726. The zero-order chi connectivity index (χ0) is 14.4. The molecule has 0 saturated carbocycles. The van der Waals surface area contributed by atoms with E-state index in [-0.39, 0.29) is 5.91 Å². The molecule has 108 valence electrons. The third-order valence-electron chi connectivity index (χ3n) is 2.75. The first kappa shape index (κ1) is 15.8. The van der Waals surface area contributed by atoms with Crippen molar-refractivity contribution in [1.82, 2.24) is 10.2 Å². The number of likely N-dealkylation sites (N-methyl/N-ethyl adjacent to an activating group) is 2. The van der Waals surface area contributed by atoms with Crippen molar-refractivity contribution in [2.45, 2.75) is 13.3 Å². The number of nitrogens with zero attached hydrogens (tertiary/aromatic N) is 2. The van der Waals surface area contributed by atoms with E-state index in [4.69, 9.17) is 5.73 Å². The molecule has 0 atom stereocenters. The Balaban J connectivity index is 2.69. The number of nitrogens with one attached hydrogen (secondary N) is 1. The summed E-state index contributed by atoms with van der Waals surface area (Å²) < 4.78 is 0. The lowest BCUT2D eigenvalue weighted by Gasteiger charge is -2.19. The summed E-state index contributed by atoms with van der Waals surface area (Å²) in [6.07, 6.45) is 0.923. The molecule has 1 rings (SSSR count). The highest BCUT2D eigenvalue weighted by Crippen LogP contribution is 2.31. The number of carbonyl (C=O) groups excluding carboxylic acids is 1. The third kappa shape index (κ3) is 4.72. The van der Waals surface area contributed by atoms with E-state index in [0.717, 1.165) is 24.5 Å². The number of anilines is 2. The van der Waals surface area contributed by atoms with Crippen LogP contribution in [0.4, 0.5) is 10.7 Å². The number of rotatable bonds is 7. The maximum Gasteiger partial charge on any atom is 0.263 e. The van der Waals surface area contributed by atoms with E-state index in [1.807, 2.05) is 34.1 Å². The Morgan fingerprint density at radius 2 is 2.05 bits per heavy atom. The predicted octanol–water partition coefficient (Wildman–Crippen LogP) is 1.47. The summed E-state index contributed by atoms with van der Waals surface area (Å²) in [6, 6.07) is 1.88. The molecule has 0 unspecified atom stereocenters. The van der Waals surface area contributed by atoms with Crippen molar-refractivity contribution in [3.05, 3.63) is 10.9 Å². The second-order valence-electron chi connectivity index (χ2n) is 4.85. The van der Waals surface area contributed by atoms with Crippen molar-refractivity contribution >= 4 is 27.9 Å². The Hall–Kier alpha value is -1.27. The summed E-state index contributed by atoms with van der Waals surface area (Å²) in [5.41, 5.74) is 6.48. The van der Waals surface area contributed by atoms with Gasteiger partial charge in [0.25, 0.3) is 5.91 Å². The average Bonchev–Trinajstić information content (AvgIpc) is 2.75. The van der Waals surface area contributed by atoms with Crippen LogP contribution in [0, 0.1) is 0 Å². The molecule has 0 aliphatic carbocycles. The lowest BCUT2D eigenvalue weighted by molar-refractivity contribution is 0.0958. The van der Waals surface area contributed by atoms with Crippen molar-refractivity contribution in [2.24, 2.45) is 0 Å². The molecule has 1 aromatic rings. The van der Waals surface area contributed by atoms with Crippen LogP contribution < -0.4 is 16.0 Å². The molecule has 1 heterocycles. The van der Waals surface area contributed by atoms with Gasteiger partial charge in [0.2, 0.25) is 0 Å². The van der Waals surface area contributed by atoms with Crippen LogP contribution in [0.25, 0.3) is 0 Å². The van der Waals surface area contributed by atoms with Gasteiger partial charge < -0.3 is 20.9 Å². The van der Waals surface area contributed by atoms with E-state index < -0.39 is 0 Å². The molecule has 3 N–H and O–H groups in total. The van der Waals surface area contributed by atoms with Gasteiger partial charge in [-0.1, -0.05) is 6.92 Å². The van der Waals surface area contributed by atoms with Gasteiger partial charge in [0.15, 0.2) is 0 Å². The Morgan fingerprint density at radius 1 is 1.37 bits per heavy atom.